The molecule has 3 aromatic carbocycles. The third-order valence-corrected chi connectivity index (χ3v) is 7.11. The van der Waals surface area contributed by atoms with Gasteiger partial charge in [-0.15, -0.1) is 0 Å². The van der Waals surface area contributed by atoms with E-state index in [1.165, 1.54) is 56.7 Å². The molecule has 0 atom stereocenters. The van der Waals surface area contributed by atoms with Gasteiger partial charge in [-0.25, -0.2) is 8.78 Å². The molecule has 1 aliphatic rings. The molecule has 0 nitrogen and oxygen atoms in total. The first kappa shape index (κ1) is 24.8. The van der Waals surface area contributed by atoms with Crippen molar-refractivity contribution in [3.63, 3.8) is 0 Å². The van der Waals surface area contributed by atoms with Gasteiger partial charge in [0.2, 0.25) is 0 Å². The summed E-state index contributed by atoms with van der Waals surface area (Å²) in [5.41, 5.74) is 6.61. The normalized spacial score (nSPS) is 17.2. The summed E-state index contributed by atoms with van der Waals surface area (Å²) in [5.74, 6) is 13.1. The average Bonchev–Trinajstić information content (AvgIpc) is 2.83. The highest BCUT2D eigenvalue weighted by Gasteiger charge is 2.18. The minimum absolute atomic E-state index is 0.0127. The molecule has 0 aliphatic heterocycles. The molecule has 0 bridgehead atoms. The summed E-state index contributed by atoms with van der Waals surface area (Å²) in [4.78, 5) is 0. The predicted octanol–water partition coefficient (Wildman–Crippen LogP) is 8.06. The fourth-order valence-corrected chi connectivity index (χ4v) is 4.82. The van der Waals surface area contributed by atoms with Crippen LogP contribution in [0.5, 0.6) is 0 Å². The van der Waals surface area contributed by atoms with E-state index in [-0.39, 0.29) is 5.56 Å². The standard InChI is InChI=1S/C33H32F2/c1-22-5-7-27(8-6-22)19-28-11-9-26(10-12-28)15-16-31-23(2)17-29(18-24(31)3)13-14-30-20-32(34)25(4)33(35)21-30/h9-12,17-18,20-22,27H,5-8,19H2,1-4H3. The second kappa shape index (κ2) is 10.9. The SMILES string of the molecule is Cc1cc(C#Cc2cc(F)c(C)c(F)c2)cc(C)c1C#Cc1ccc(CC2CCC(C)CC2)cc1. The zero-order valence-corrected chi connectivity index (χ0v) is 21.1. The molecule has 1 aliphatic carbocycles. The summed E-state index contributed by atoms with van der Waals surface area (Å²) in [5, 5.41) is 0. The van der Waals surface area contributed by atoms with Crippen molar-refractivity contribution in [1.82, 2.24) is 0 Å². The van der Waals surface area contributed by atoms with Crippen molar-refractivity contribution in [2.45, 2.75) is 59.8 Å². The van der Waals surface area contributed by atoms with Crippen molar-refractivity contribution in [2.75, 3.05) is 0 Å². The van der Waals surface area contributed by atoms with Gasteiger partial charge in [0, 0.05) is 27.8 Å². The van der Waals surface area contributed by atoms with E-state index < -0.39 is 11.6 Å². The van der Waals surface area contributed by atoms with Crippen LogP contribution in [-0.4, -0.2) is 0 Å². The Balaban J connectivity index is 1.46. The predicted molar refractivity (Wildman–Crippen MR) is 140 cm³/mol. The monoisotopic (exact) mass is 466 g/mol. The molecule has 1 fully saturated rings. The summed E-state index contributed by atoms with van der Waals surface area (Å²) in [7, 11) is 0. The van der Waals surface area contributed by atoms with Crippen LogP contribution in [0.2, 0.25) is 0 Å². The Hall–Kier alpha value is -3.36. The van der Waals surface area contributed by atoms with Gasteiger partial charge >= 0.3 is 0 Å². The van der Waals surface area contributed by atoms with E-state index in [4.69, 9.17) is 0 Å². The van der Waals surface area contributed by atoms with E-state index in [0.717, 1.165) is 39.7 Å². The molecule has 0 unspecified atom stereocenters. The van der Waals surface area contributed by atoms with Crippen LogP contribution in [0.3, 0.4) is 0 Å². The molecule has 4 rings (SSSR count). The summed E-state index contributed by atoms with van der Waals surface area (Å²) in [6, 6.07) is 15.2. The first-order chi connectivity index (χ1) is 16.8. The van der Waals surface area contributed by atoms with Crippen molar-refractivity contribution in [2.24, 2.45) is 11.8 Å². The Kier molecular flexibility index (Phi) is 7.73. The van der Waals surface area contributed by atoms with Crippen LogP contribution in [0, 0.1) is 67.9 Å². The van der Waals surface area contributed by atoms with E-state index in [1.54, 1.807) is 0 Å². The third-order valence-electron chi connectivity index (χ3n) is 7.11. The molecule has 0 aromatic heterocycles. The van der Waals surface area contributed by atoms with Crippen molar-refractivity contribution < 1.29 is 8.78 Å². The quantitative estimate of drug-likeness (QED) is 0.335. The van der Waals surface area contributed by atoms with E-state index in [2.05, 4.69) is 54.9 Å². The van der Waals surface area contributed by atoms with Gasteiger partial charge in [0.05, 0.1) is 0 Å². The Morgan fingerprint density at radius 3 is 1.77 bits per heavy atom. The van der Waals surface area contributed by atoms with Gasteiger partial charge in [-0.2, -0.15) is 0 Å². The Labute approximate surface area is 208 Å². The zero-order chi connectivity index (χ0) is 24.9. The molecule has 35 heavy (non-hydrogen) atoms. The smallest absolute Gasteiger partial charge is 0.130 e. The van der Waals surface area contributed by atoms with Crippen LogP contribution < -0.4 is 0 Å². The van der Waals surface area contributed by atoms with E-state index >= 15 is 0 Å². The maximum Gasteiger partial charge on any atom is 0.130 e. The van der Waals surface area contributed by atoms with Gasteiger partial charge in [-0.1, -0.05) is 55.6 Å². The molecule has 0 saturated heterocycles. The molecule has 2 heteroatoms. The molecule has 0 amide bonds. The highest BCUT2D eigenvalue weighted by atomic mass is 19.1. The lowest BCUT2D eigenvalue weighted by Crippen LogP contribution is -2.14. The highest BCUT2D eigenvalue weighted by molar-refractivity contribution is 5.55. The number of halogens is 2. The lowest BCUT2D eigenvalue weighted by molar-refractivity contribution is 0.289. The number of hydrogen-bond donors (Lipinski definition) is 0. The van der Waals surface area contributed by atoms with Gasteiger partial charge in [0.1, 0.15) is 11.6 Å². The van der Waals surface area contributed by atoms with E-state index in [1.807, 2.05) is 26.0 Å². The second-order valence-electron chi connectivity index (χ2n) is 10.1. The van der Waals surface area contributed by atoms with Crippen molar-refractivity contribution >= 4 is 0 Å². The Morgan fingerprint density at radius 2 is 1.20 bits per heavy atom. The second-order valence-corrected chi connectivity index (χ2v) is 10.1. The number of aryl methyl sites for hydroxylation is 2. The molecule has 0 N–H and O–H groups in total. The summed E-state index contributed by atoms with van der Waals surface area (Å²) in [6.45, 7) is 7.81. The third kappa shape index (κ3) is 6.41. The largest absolute Gasteiger partial charge is 0.207 e. The van der Waals surface area contributed by atoms with Crippen molar-refractivity contribution in [3.05, 3.63) is 105 Å². The fraction of sp³-hybridized carbons (Fsp3) is 0.333. The minimum atomic E-state index is -0.580. The summed E-state index contributed by atoms with van der Waals surface area (Å²) >= 11 is 0. The van der Waals surface area contributed by atoms with Crippen LogP contribution in [0.25, 0.3) is 0 Å². The minimum Gasteiger partial charge on any atom is -0.207 e. The first-order valence-electron chi connectivity index (χ1n) is 12.5. The van der Waals surface area contributed by atoms with Gasteiger partial charge < -0.3 is 0 Å². The lowest BCUT2D eigenvalue weighted by Gasteiger charge is -2.26. The van der Waals surface area contributed by atoms with Crippen molar-refractivity contribution in [1.29, 1.82) is 0 Å². The topological polar surface area (TPSA) is 0 Å². The summed E-state index contributed by atoms with van der Waals surface area (Å²) < 4.78 is 27.6. The van der Waals surface area contributed by atoms with Crippen LogP contribution in [0.15, 0.2) is 48.5 Å². The zero-order valence-electron chi connectivity index (χ0n) is 21.1. The maximum absolute atomic E-state index is 13.8. The number of hydrogen-bond acceptors (Lipinski definition) is 0. The Morgan fingerprint density at radius 1 is 0.686 bits per heavy atom. The molecular weight excluding hydrogens is 434 g/mol. The van der Waals surface area contributed by atoms with Crippen LogP contribution in [0.4, 0.5) is 8.78 Å². The fourth-order valence-electron chi connectivity index (χ4n) is 4.82. The molecular formula is C33H32F2. The maximum atomic E-state index is 13.8. The van der Waals surface area contributed by atoms with Gasteiger partial charge in [0.25, 0.3) is 0 Å². The molecule has 1 saturated carbocycles. The molecule has 0 spiro atoms. The number of benzene rings is 3. The van der Waals surface area contributed by atoms with Gasteiger partial charge in [0.15, 0.2) is 0 Å². The van der Waals surface area contributed by atoms with E-state index in [9.17, 15) is 8.78 Å². The molecule has 178 valence electrons. The highest BCUT2D eigenvalue weighted by Crippen LogP contribution is 2.30. The van der Waals surface area contributed by atoms with E-state index in [0.29, 0.717) is 5.56 Å². The first-order valence-corrected chi connectivity index (χ1v) is 12.5. The average molecular weight is 467 g/mol. The van der Waals surface area contributed by atoms with Crippen LogP contribution in [-0.2, 0) is 6.42 Å². The Bertz CT molecular complexity index is 1290. The molecule has 3 aromatic rings. The van der Waals surface area contributed by atoms with Crippen LogP contribution >= 0.6 is 0 Å². The molecule has 0 heterocycles. The van der Waals surface area contributed by atoms with Crippen LogP contribution in [0.1, 0.15) is 77.1 Å². The molecule has 0 radical (unpaired) electrons. The van der Waals surface area contributed by atoms with Crippen molar-refractivity contribution in [3.8, 4) is 23.7 Å². The van der Waals surface area contributed by atoms with Gasteiger partial charge in [-0.3, -0.25) is 0 Å². The lowest BCUT2D eigenvalue weighted by atomic mass is 9.80. The number of rotatable bonds is 2. The van der Waals surface area contributed by atoms with Gasteiger partial charge in [-0.05, 0) is 105 Å². The summed E-state index contributed by atoms with van der Waals surface area (Å²) in [6.07, 6.45) is 6.59.